The Morgan fingerprint density at radius 3 is 2.47 bits per heavy atom. The molecule has 0 aromatic carbocycles. The summed E-state index contributed by atoms with van der Waals surface area (Å²) in [5.74, 6) is 0.710. The first kappa shape index (κ1) is 16.2. The largest absolute Gasteiger partial charge is 0.463 e. The zero-order valence-corrected chi connectivity index (χ0v) is 12.9. The Balaban J connectivity index is 2.81. The summed E-state index contributed by atoms with van der Waals surface area (Å²) in [6.07, 6.45) is 5.11. The van der Waals surface area contributed by atoms with Crippen LogP contribution in [0, 0.1) is 11.8 Å². The van der Waals surface area contributed by atoms with Crippen molar-refractivity contribution in [1.82, 2.24) is 0 Å². The van der Waals surface area contributed by atoms with Crippen molar-refractivity contribution in [3.8, 4) is 0 Å². The van der Waals surface area contributed by atoms with Crippen LogP contribution in [0.5, 0.6) is 0 Å². The van der Waals surface area contributed by atoms with E-state index in [1.54, 1.807) is 0 Å². The molecule has 1 rings (SSSR count). The van der Waals surface area contributed by atoms with Gasteiger partial charge in [0.1, 0.15) is 0 Å². The minimum atomic E-state index is -0.181. The second-order valence-corrected chi connectivity index (χ2v) is 5.49. The number of hydrogen-bond acceptors (Lipinski definition) is 3. The molecule has 0 radical (unpaired) electrons. The van der Waals surface area contributed by atoms with Crippen molar-refractivity contribution in [2.24, 2.45) is 11.8 Å². The van der Waals surface area contributed by atoms with Gasteiger partial charge < -0.3 is 9.47 Å². The maximum atomic E-state index is 11.9. The van der Waals surface area contributed by atoms with E-state index in [2.05, 4.69) is 27.7 Å². The molecule has 0 N–H and O–H groups in total. The van der Waals surface area contributed by atoms with Crippen molar-refractivity contribution in [2.75, 3.05) is 6.61 Å². The highest BCUT2D eigenvalue weighted by molar-refractivity contribution is 5.88. The lowest BCUT2D eigenvalue weighted by molar-refractivity contribution is -0.139. The van der Waals surface area contributed by atoms with Gasteiger partial charge in [-0.15, -0.1) is 0 Å². The molecule has 0 aliphatic heterocycles. The van der Waals surface area contributed by atoms with Gasteiger partial charge in [-0.25, -0.2) is 4.79 Å². The van der Waals surface area contributed by atoms with E-state index in [0.717, 1.165) is 24.8 Å². The van der Waals surface area contributed by atoms with E-state index in [0.29, 0.717) is 18.4 Å². The van der Waals surface area contributed by atoms with Gasteiger partial charge in [0.25, 0.3) is 0 Å². The van der Waals surface area contributed by atoms with Gasteiger partial charge in [0, 0.05) is 5.57 Å². The predicted molar refractivity (Wildman–Crippen MR) is 76.9 cm³/mol. The SMILES string of the molecule is CCOC(=O)C1=C[C@@H](OC(CC)CC)[C@H](C)[C@@H](C)C1. The van der Waals surface area contributed by atoms with Crippen LogP contribution in [0.25, 0.3) is 0 Å². The molecule has 1 aliphatic rings. The van der Waals surface area contributed by atoms with Crippen molar-refractivity contribution in [1.29, 1.82) is 0 Å². The molecule has 0 spiro atoms. The third-order valence-electron chi connectivity index (χ3n) is 4.12. The summed E-state index contributed by atoms with van der Waals surface area (Å²) >= 11 is 0. The first-order valence-corrected chi connectivity index (χ1v) is 7.56. The van der Waals surface area contributed by atoms with Crippen molar-refractivity contribution < 1.29 is 14.3 Å². The molecule has 0 unspecified atom stereocenters. The Kier molecular flexibility index (Phi) is 6.56. The summed E-state index contributed by atoms with van der Waals surface area (Å²) in [6.45, 7) is 10.9. The van der Waals surface area contributed by atoms with E-state index in [-0.39, 0.29) is 18.2 Å². The molecular weight excluding hydrogens is 240 g/mol. The van der Waals surface area contributed by atoms with Crippen LogP contribution in [0.1, 0.15) is 53.9 Å². The van der Waals surface area contributed by atoms with Crippen LogP contribution >= 0.6 is 0 Å². The average molecular weight is 268 g/mol. The Morgan fingerprint density at radius 2 is 1.95 bits per heavy atom. The zero-order chi connectivity index (χ0) is 14.4. The fourth-order valence-electron chi connectivity index (χ4n) is 2.52. The van der Waals surface area contributed by atoms with E-state index in [9.17, 15) is 4.79 Å². The first-order chi connectivity index (χ1) is 9.03. The molecule has 3 nitrogen and oxygen atoms in total. The molecular formula is C16H28O3. The van der Waals surface area contributed by atoms with Gasteiger partial charge in [-0.3, -0.25) is 0 Å². The zero-order valence-electron chi connectivity index (χ0n) is 12.9. The Hall–Kier alpha value is -0.830. The van der Waals surface area contributed by atoms with E-state index in [1.807, 2.05) is 13.0 Å². The van der Waals surface area contributed by atoms with Crippen LogP contribution in [-0.4, -0.2) is 24.8 Å². The summed E-state index contributed by atoms with van der Waals surface area (Å²) in [7, 11) is 0. The number of carbonyl (C=O) groups excluding carboxylic acids is 1. The number of hydrogen-bond donors (Lipinski definition) is 0. The Labute approximate surface area is 117 Å². The second-order valence-electron chi connectivity index (χ2n) is 5.49. The van der Waals surface area contributed by atoms with Crippen LogP contribution in [-0.2, 0) is 14.3 Å². The van der Waals surface area contributed by atoms with Gasteiger partial charge in [-0.05, 0) is 44.1 Å². The highest BCUT2D eigenvalue weighted by Gasteiger charge is 2.31. The molecule has 0 amide bonds. The molecule has 0 saturated heterocycles. The first-order valence-electron chi connectivity index (χ1n) is 7.56. The summed E-state index contributed by atoms with van der Waals surface area (Å²) < 4.78 is 11.3. The fourth-order valence-corrected chi connectivity index (χ4v) is 2.52. The van der Waals surface area contributed by atoms with Crippen molar-refractivity contribution in [2.45, 2.75) is 66.1 Å². The van der Waals surface area contributed by atoms with E-state index in [4.69, 9.17) is 9.47 Å². The third kappa shape index (κ3) is 4.34. The lowest BCUT2D eigenvalue weighted by atomic mass is 9.80. The van der Waals surface area contributed by atoms with Gasteiger partial charge in [0.2, 0.25) is 0 Å². The topological polar surface area (TPSA) is 35.5 Å². The number of esters is 1. The van der Waals surface area contributed by atoms with Crippen LogP contribution in [0.4, 0.5) is 0 Å². The van der Waals surface area contributed by atoms with Crippen molar-refractivity contribution >= 4 is 5.97 Å². The monoisotopic (exact) mass is 268 g/mol. The van der Waals surface area contributed by atoms with Crippen LogP contribution in [0.2, 0.25) is 0 Å². The van der Waals surface area contributed by atoms with Gasteiger partial charge in [0.15, 0.2) is 0 Å². The molecule has 3 atom stereocenters. The smallest absolute Gasteiger partial charge is 0.333 e. The molecule has 110 valence electrons. The van der Waals surface area contributed by atoms with Gasteiger partial charge >= 0.3 is 5.97 Å². The van der Waals surface area contributed by atoms with Crippen LogP contribution in [0.3, 0.4) is 0 Å². The van der Waals surface area contributed by atoms with Crippen molar-refractivity contribution in [3.05, 3.63) is 11.6 Å². The summed E-state index contributed by atoms with van der Waals surface area (Å²) in [4.78, 5) is 11.9. The fraction of sp³-hybridized carbons (Fsp3) is 0.812. The number of carbonyl (C=O) groups is 1. The van der Waals surface area contributed by atoms with Crippen molar-refractivity contribution in [3.63, 3.8) is 0 Å². The minimum absolute atomic E-state index is 0.0352. The van der Waals surface area contributed by atoms with Gasteiger partial charge in [0.05, 0.1) is 18.8 Å². The predicted octanol–water partition coefficient (Wildman–Crippen LogP) is 3.73. The maximum absolute atomic E-state index is 11.9. The van der Waals surface area contributed by atoms with Gasteiger partial charge in [-0.1, -0.05) is 27.7 Å². The molecule has 19 heavy (non-hydrogen) atoms. The van der Waals surface area contributed by atoms with Gasteiger partial charge in [-0.2, -0.15) is 0 Å². The van der Waals surface area contributed by atoms with E-state index in [1.165, 1.54) is 0 Å². The quantitative estimate of drug-likeness (QED) is 0.689. The average Bonchev–Trinajstić information content (AvgIpc) is 2.40. The normalized spacial score (nSPS) is 27.3. The molecule has 0 heterocycles. The maximum Gasteiger partial charge on any atom is 0.333 e. The molecule has 0 fully saturated rings. The Morgan fingerprint density at radius 1 is 1.32 bits per heavy atom. The highest BCUT2D eigenvalue weighted by Crippen LogP contribution is 2.32. The molecule has 0 saturated carbocycles. The van der Waals surface area contributed by atoms with E-state index >= 15 is 0 Å². The van der Waals surface area contributed by atoms with Crippen LogP contribution < -0.4 is 0 Å². The molecule has 0 bridgehead atoms. The number of ether oxygens (including phenoxy) is 2. The number of rotatable bonds is 6. The molecule has 3 heteroatoms. The highest BCUT2D eigenvalue weighted by atomic mass is 16.5. The molecule has 0 aromatic heterocycles. The minimum Gasteiger partial charge on any atom is -0.463 e. The molecule has 1 aliphatic carbocycles. The summed E-state index contributed by atoms with van der Waals surface area (Å²) in [6, 6.07) is 0. The van der Waals surface area contributed by atoms with Crippen LogP contribution in [0.15, 0.2) is 11.6 Å². The second kappa shape index (κ2) is 7.68. The standard InChI is InChI=1S/C16H28O3/c1-6-14(7-2)19-15-10-13(16(17)18-8-3)9-11(4)12(15)5/h10-12,14-15H,6-9H2,1-5H3/t11-,12+,15+/m0/s1. The lowest BCUT2D eigenvalue weighted by Gasteiger charge is -2.34. The lowest BCUT2D eigenvalue weighted by Crippen LogP contribution is -2.34. The summed E-state index contributed by atoms with van der Waals surface area (Å²) in [5, 5.41) is 0. The molecule has 0 aromatic rings. The van der Waals surface area contributed by atoms with E-state index < -0.39 is 0 Å². The summed E-state index contributed by atoms with van der Waals surface area (Å²) in [5.41, 5.74) is 0.781. The third-order valence-corrected chi connectivity index (χ3v) is 4.12. The Bertz CT molecular complexity index is 318.